The van der Waals surface area contributed by atoms with Gasteiger partial charge in [-0.05, 0) is 42.9 Å². The normalized spacial score (nSPS) is 19.0. The third kappa shape index (κ3) is 3.84. The predicted octanol–water partition coefficient (Wildman–Crippen LogP) is 2.18. The lowest BCUT2D eigenvalue weighted by molar-refractivity contribution is 0.460. The molecule has 1 fully saturated rings. The van der Waals surface area contributed by atoms with Gasteiger partial charge in [-0.25, -0.2) is 12.7 Å². The van der Waals surface area contributed by atoms with Crippen LogP contribution >= 0.6 is 0 Å². The van der Waals surface area contributed by atoms with Gasteiger partial charge in [0.05, 0.1) is 17.6 Å². The van der Waals surface area contributed by atoms with Crippen LogP contribution in [0, 0.1) is 5.92 Å². The first-order valence-electron chi connectivity index (χ1n) is 8.39. The van der Waals surface area contributed by atoms with Crippen molar-refractivity contribution < 1.29 is 8.42 Å². The van der Waals surface area contributed by atoms with Gasteiger partial charge in [0.25, 0.3) is 0 Å². The molecule has 0 bridgehead atoms. The Morgan fingerprint density at radius 2 is 2.12 bits per heavy atom. The SMILES string of the molecule is CCCn1nccc1-c1ccc(CC2CCN(S(C)(=O)=O)C2)cn1. The first kappa shape index (κ1) is 17.1. The third-order valence-corrected chi connectivity index (χ3v) is 5.75. The average molecular weight is 348 g/mol. The monoisotopic (exact) mass is 348 g/mol. The van der Waals surface area contributed by atoms with Crippen LogP contribution in [0.25, 0.3) is 11.4 Å². The topological polar surface area (TPSA) is 68.1 Å². The molecule has 130 valence electrons. The van der Waals surface area contributed by atoms with Crippen molar-refractivity contribution in [2.24, 2.45) is 5.92 Å². The van der Waals surface area contributed by atoms with Gasteiger partial charge in [0.1, 0.15) is 0 Å². The molecule has 1 atom stereocenters. The Kier molecular flexibility index (Phi) is 5.01. The molecule has 2 aromatic heterocycles. The Labute approximate surface area is 143 Å². The van der Waals surface area contributed by atoms with Crippen LogP contribution in [0.1, 0.15) is 25.3 Å². The van der Waals surface area contributed by atoms with E-state index in [1.54, 1.807) is 10.5 Å². The number of rotatable bonds is 6. The van der Waals surface area contributed by atoms with Crippen molar-refractivity contribution in [2.45, 2.75) is 32.7 Å². The van der Waals surface area contributed by atoms with Gasteiger partial charge in [-0.15, -0.1) is 0 Å². The molecule has 0 spiro atoms. The molecule has 0 N–H and O–H groups in total. The van der Waals surface area contributed by atoms with Crippen molar-refractivity contribution in [3.05, 3.63) is 36.2 Å². The zero-order valence-electron chi connectivity index (χ0n) is 14.2. The maximum absolute atomic E-state index is 11.6. The molecule has 0 saturated carbocycles. The average Bonchev–Trinajstić information content (AvgIpc) is 3.18. The largest absolute Gasteiger partial charge is 0.263 e. The fourth-order valence-electron chi connectivity index (χ4n) is 3.24. The molecular formula is C17H24N4O2S. The molecule has 2 aromatic rings. The summed E-state index contributed by atoms with van der Waals surface area (Å²) in [5.74, 6) is 0.373. The van der Waals surface area contributed by atoms with Gasteiger partial charge in [-0.1, -0.05) is 13.0 Å². The summed E-state index contributed by atoms with van der Waals surface area (Å²) >= 11 is 0. The number of hydrogen-bond donors (Lipinski definition) is 0. The van der Waals surface area contributed by atoms with Crippen LogP contribution in [0.4, 0.5) is 0 Å². The number of hydrogen-bond acceptors (Lipinski definition) is 4. The van der Waals surface area contributed by atoms with Crippen LogP contribution in [-0.4, -0.2) is 46.8 Å². The number of sulfonamides is 1. The summed E-state index contributed by atoms with van der Waals surface area (Å²) in [5.41, 5.74) is 3.11. The maximum Gasteiger partial charge on any atom is 0.211 e. The predicted molar refractivity (Wildman–Crippen MR) is 94.0 cm³/mol. The van der Waals surface area contributed by atoms with E-state index in [-0.39, 0.29) is 0 Å². The Bertz CT molecular complexity index is 783. The molecule has 0 aromatic carbocycles. The summed E-state index contributed by atoms with van der Waals surface area (Å²) in [6.07, 6.45) is 7.81. The minimum Gasteiger partial charge on any atom is -0.263 e. The zero-order valence-corrected chi connectivity index (χ0v) is 15.0. The van der Waals surface area contributed by atoms with Gasteiger partial charge in [0, 0.05) is 32.0 Å². The number of aryl methyl sites for hydroxylation is 1. The van der Waals surface area contributed by atoms with Gasteiger partial charge in [0.15, 0.2) is 0 Å². The Morgan fingerprint density at radius 3 is 2.75 bits per heavy atom. The molecule has 3 heterocycles. The highest BCUT2D eigenvalue weighted by Gasteiger charge is 2.28. The summed E-state index contributed by atoms with van der Waals surface area (Å²) < 4.78 is 26.7. The van der Waals surface area contributed by atoms with E-state index in [4.69, 9.17) is 0 Å². The number of pyridine rings is 1. The van der Waals surface area contributed by atoms with Gasteiger partial charge < -0.3 is 0 Å². The highest BCUT2D eigenvalue weighted by molar-refractivity contribution is 7.88. The number of nitrogens with zero attached hydrogens (tertiary/aromatic N) is 4. The fraction of sp³-hybridized carbons (Fsp3) is 0.529. The quantitative estimate of drug-likeness (QED) is 0.802. The first-order chi connectivity index (χ1) is 11.5. The summed E-state index contributed by atoms with van der Waals surface area (Å²) in [4.78, 5) is 4.58. The molecule has 1 aliphatic rings. The van der Waals surface area contributed by atoms with E-state index in [2.05, 4.69) is 23.1 Å². The zero-order chi connectivity index (χ0) is 17.2. The van der Waals surface area contributed by atoms with E-state index >= 15 is 0 Å². The Hall–Kier alpha value is -1.73. The van der Waals surface area contributed by atoms with Gasteiger partial charge in [-0.3, -0.25) is 9.67 Å². The standard InChI is InChI=1S/C17H24N4O2S/c1-3-9-21-17(6-8-19-21)16-5-4-14(12-18-16)11-15-7-10-20(13-15)24(2,22)23/h4-6,8,12,15H,3,7,9-11,13H2,1-2H3. The summed E-state index contributed by atoms with van der Waals surface area (Å²) in [5, 5.41) is 4.33. The van der Waals surface area contributed by atoms with Crippen molar-refractivity contribution in [1.82, 2.24) is 19.1 Å². The molecule has 6 nitrogen and oxygen atoms in total. The molecule has 0 amide bonds. The van der Waals surface area contributed by atoms with E-state index in [0.717, 1.165) is 42.8 Å². The first-order valence-corrected chi connectivity index (χ1v) is 10.2. The minimum atomic E-state index is -3.07. The van der Waals surface area contributed by atoms with Gasteiger partial charge in [-0.2, -0.15) is 5.10 Å². The van der Waals surface area contributed by atoms with Crippen LogP contribution < -0.4 is 0 Å². The van der Waals surface area contributed by atoms with E-state index < -0.39 is 10.0 Å². The van der Waals surface area contributed by atoms with Gasteiger partial charge >= 0.3 is 0 Å². The minimum absolute atomic E-state index is 0.373. The van der Waals surface area contributed by atoms with E-state index in [9.17, 15) is 8.42 Å². The van der Waals surface area contributed by atoms with E-state index in [0.29, 0.717) is 19.0 Å². The second kappa shape index (κ2) is 7.03. The lowest BCUT2D eigenvalue weighted by Gasteiger charge is -2.13. The van der Waals surface area contributed by atoms with Crippen LogP contribution in [0.15, 0.2) is 30.6 Å². The molecule has 1 aliphatic heterocycles. The molecule has 0 radical (unpaired) electrons. The van der Waals surface area contributed by atoms with Crippen molar-refractivity contribution in [1.29, 1.82) is 0 Å². The summed E-state index contributed by atoms with van der Waals surface area (Å²) in [7, 11) is -3.07. The maximum atomic E-state index is 11.6. The third-order valence-electron chi connectivity index (χ3n) is 4.48. The number of aromatic nitrogens is 3. The molecule has 7 heteroatoms. The second-order valence-electron chi connectivity index (χ2n) is 6.47. The smallest absolute Gasteiger partial charge is 0.211 e. The molecule has 1 saturated heterocycles. The summed E-state index contributed by atoms with van der Waals surface area (Å²) in [6, 6.07) is 6.11. The lowest BCUT2D eigenvalue weighted by Crippen LogP contribution is -2.27. The highest BCUT2D eigenvalue weighted by atomic mass is 32.2. The molecular weight excluding hydrogens is 324 g/mol. The molecule has 24 heavy (non-hydrogen) atoms. The van der Waals surface area contributed by atoms with Crippen LogP contribution in [0.3, 0.4) is 0 Å². The highest BCUT2D eigenvalue weighted by Crippen LogP contribution is 2.23. The van der Waals surface area contributed by atoms with E-state index in [1.807, 2.05) is 23.0 Å². The van der Waals surface area contributed by atoms with Crippen LogP contribution in [0.2, 0.25) is 0 Å². The van der Waals surface area contributed by atoms with Crippen molar-refractivity contribution in [2.75, 3.05) is 19.3 Å². The lowest BCUT2D eigenvalue weighted by atomic mass is 10.00. The second-order valence-corrected chi connectivity index (χ2v) is 8.45. The van der Waals surface area contributed by atoms with Crippen molar-refractivity contribution >= 4 is 10.0 Å². The molecule has 3 rings (SSSR count). The van der Waals surface area contributed by atoms with E-state index in [1.165, 1.54) is 6.26 Å². The molecule has 0 aliphatic carbocycles. The fourth-order valence-corrected chi connectivity index (χ4v) is 4.15. The Morgan fingerprint density at radius 1 is 1.29 bits per heavy atom. The van der Waals surface area contributed by atoms with Crippen LogP contribution in [-0.2, 0) is 23.0 Å². The van der Waals surface area contributed by atoms with Crippen molar-refractivity contribution in [3.8, 4) is 11.4 Å². The van der Waals surface area contributed by atoms with Gasteiger partial charge in [0.2, 0.25) is 10.0 Å². The van der Waals surface area contributed by atoms with Crippen molar-refractivity contribution in [3.63, 3.8) is 0 Å². The Balaban J connectivity index is 1.66. The molecule has 1 unspecified atom stereocenters. The van der Waals surface area contributed by atoms with Crippen LogP contribution in [0.5, 0.6) is 0 Å². The summed E-state index contributed by atoms with van der Waals surface area (Å²) in [6.45, 7) is 4.26.